The van der Waals surface area contributed by atoms with E-state index in [1.54, 1.807) is 0 Å². The number of Topliss-reactive ketones (excluding diaryl/α,β-unsaturated/α-hetero) is 1. The molecule has 0 radical (unpaired) electrons. The summed E-state index contributed by atoms with van der Waals surface area (Å²) >= 11 is 6.32. The van der Waals surface area contributed by atoms with Crippen molar-refractivity contribution in [2.45, 2.75) is 44.9 Å². The molecule has 1 heterocycles. The number of aryl methyl sites for hydroxylation is 1. The molecule has 0 spiro atoms. The smallest absolute Gasteiger partial charge is 0.271 e. The molecule has 1 unspecified atom stereocenters. The lowest BCUT2D eigenvalue weighted by Gasteiger charge is -2.38. The van der Waals surface area contributed by atoms with Crippen molar-refractivity contribution >= 4 is 34.7 Å². The maximum absolute atomic E-state index is 13.2. The molecule has 0 fully saturated rings. The van der Waals surface area contributed by atoms with Crippen molar-refractivity contribution in [1.82, 2.24) is 0 Å². The first-order valence-electron chi connectivity index (χ1n) is 10.0. The third kappa shape index (κ3) is 3.52. The lowest BCUT2D eigenvalue weighted by molar-refractivity contribution is -0.384. The summed E-state index contributed by atoms with van der Waals surface area (Å²) in [5.74, 6) is -0.389. The average Bonchev–Trinajstić information content (AvgIpc) is 2.74. The number of benzene rings is 2. The summed E-state index contributed by atoms with van der Waals surface area (Å²) in [5.41, 5.74) is 3.73. The van der Waals surface area contributed by atoms with Crippen LogP contribution in [0.25, 0.3) is 0 Å². The van der Waals surface area contributed by atoms with Crippen LogP contribution in [0.2, 0.25) is 5.02 Å². The van der Waals surface area contributed by atoms with Crippen LogP contribution in [0.3, 0.4) is 0 Å². The van der Waals surface area contributed by atoms with Crippen molar-refractivity contribution in [3.05, 3.63) is 80.0 Å². The minimum atomic E-state index is -0.529. The zero-order valence-electron chi connectivity index (χ0n) is 16.6. The third-order valence-corrected chi connectivity index (χ3v) is 6.15. The number of nitro groups is 1. The first-order valence-corrected chi connectivity index (χ1v) is 10.4. The Balaban J connectivity index is 1.82. The summed E-state index contributed by atoms with van der Waals surface area (Å²) in [6.07, 6.45) is 2.78. The van der Waals surface area contributed by atoms with E-state index in [4.69, 9.17) is 11.6 Å². The van der Waals surface area contributed by atoms with Crippen molar-refractivity contribution in [3.63, 3.8) is 0 Å². The summed E-state index contributed by atoms with van der Waals surface area (Å²) in [7, 11) is 0. The van der Waals surface area contributed by atoms with Crippen LogP contribution in [-0.4, -0.2) is 16.6 Å². The molecule has 7 heteroatoms. The number of amides is 1. The van der Waals surface area contributed by atoms with Crippen LogP contribution >= 0.6 is 11.6 Å². The fourth-order valence-corrected chi connectivity index (χ4v) is 4.59. The Kier molecular flexibility index (Phi) is 5.43. The van der Waals surface area contributed by atoms with Gasteiger partial charge in [0.1, 0.15) is 0 Å². The Morgan fingerprint density at radius 3 is 2.50 bits per heavy atom. The molecule has 154 valence electrons. The van der Waals surface area contributed by atoms with Gasteiger partial charge in [-0.2, -0.15) is 0 Å². The zero-order chi connectivity index (χ0) is 21.4. The van der Waals surface area contributed by atoms with Gasteiger partial charge in [-0.15, -0.1) is 0 Å². The van der Waals surface area contributed by atoms with Gasteiger partial charge >= 0.3 is 0 Å². The van der Waals surface area contributed by atoms with E-state index >= 15 is 0 Å². The second-order valence-corrected chi connectivity index (χ2v) is 8.02. The van der Waals surface area contributed by atoms with E-state index in [0.717, 1.165) is 12.0 Å². The number of nitrogens with zero attached hydrogens (tertiary/aromatic N) is 2. The van der Waals surface area contributed by atoms with Gasteiger partial charge in [0.15, 0.2) is 5.78 Å². The zero-order valence-corrected chi connectivity index (χ0v) is 17.3. The normalized spacial score (nSPS) is 19.1. The summed E-state index contributed by atoms with van der Waals surface area (Å²) in [4.78, 5) is 38.2. The number of non-ortho nitro benzene ring substituents is 1. The highest BCUT2D eigenvalue weighted by Crippen LogP contribution is 2.45. The number of ketones is 1. The number of hydrogen-bond donors (Lipinski definition) is 0. The Labute approximate surface area is 179 Å². The molecule has 1 amide bonds. The topological polar surface area (TPSA) is 80.5 Å². The van der Waals surface area contributed by atoms with Gasteiger partial charge < -0.3 is 0 Å². The molecule has 0 aromatic heterocycles. The van der Waals surface area contributed by atoms with Crippen molar-refractivity contribution in [3.8, 4) is 0 Å². The molecular formula is C23H21ClN2O4. The molecule has 2 aromatic rings. The van der Waals surface area contributed by atoms with Crippen LogP contribution in [0.4, 0.5) is 11.4 Å². The van der Waals surface area contributed by atoms with Crippen LogP contribution in [-0.2, 0) is 16.0 Å². The molecule has 0 saturated heterocycles. The molecule has 0 N–H and O–H groups in total. The highest BCUT2D eigenvalue weighted by molar-refractivity contribution is 6.34. The van der Waals surface area contributed by atoms with Crippen LogP contribution in [0, 0.1) is 10.1 Å². The maximum atomic E-state index is 13.2. The minimum absolute atomic E-state index is 0.0522. The van der Waals surface area contributed by atoms with Crippen molar-refractivity contribution in [1.29, 1.82) is 0 Å². The highest BCUT2D eigenvalue weighted by Gasteiger charge is 2.40. The Morgan fingerprint density at radius 1 is 1.13 bits per heavy atom. The summed E-state index contributed by atoms with van der Waals surface area (Å²) < 4.78 is 0. The first-order chi connectivity index (χ1) is 14.4. The number of carbonyl (C=O) groups excluding carboxylic acids is 2. The molecule has 1 atom stereocenters. The van der Waals surface area contributed by atoms with E-state index in [1.165, 1.54) is 28.7 Å². The van der Waals surface area contributed by atoms with E-state index in [9.17, 15) is 19.7 Å². The van der Waals surface area contributed by atoms with E-state index in [-0.39, 0.29) is 34.7 Å². The minimum Gasteiger partial charge on any atom is -0.294 e. The second kappa shape index (κ2) is 8.03. The number of halogens is 1. The van der Waals surface area contributed by atoms with Gasteiger partial charge in [-0.1, -0.05) is 42.8 Å². The van der Waals surface area contributed by atoms with Gasteiger partial charge in [-0.25, -0.2) is 0 Å². The molecule has 0 saturated carbocycles. The van der Waals surface area contributed by atoms with E-state index in [2.05, 4.69) is 6.92 Å². The fourth-order valence-electron chi connectivity index (χ4n) is 4.33. The number of nitro benzene ring substituents is 1. The van der Waals surface area contributed by atoms with Crippen molar-refractivity contribution in [2.75, 3.05) is 4.90 Å². The Hall–Kier alpha value is -2.99. The Morgan fingerprint density at radius 2 is 1.87 bits per heavy atom. The molecule has 0 bridgehead atoms. The van der Waals surface area contributed by atoms with Gasteiger partial charge in [0, 0.05) is 42.2 Å². The van der Waals surface area contributed by atoms with Crippen LogP contribution < -0.4 is 4.90 Å². The summed E-state index contributed by atoms with van der Waals surface area (Å²) in [5, 5.41) is 11.2. The standard InChI is InChI=1S/C23H21ClN2O4/c1-2-14-6-8-15(9-7-14)17-13-22(28)25(20-4-3-5-21(27)23(17)20)19-11-10-16(26(29)30)12-18(19)24/h6-12,17H,2-5,13H2,1H3. The van der Waals surface area contributed by atoms with Gasteiger partial charge in [-0.3, -0.25) is 24.6 Å². The number of carbonyl (C=O) groups is 2. The van der Waals surface area contributed by atoms with Gasteiger partial charge in [-0.05, 0) is 36.5 Å². The number of anilines is 1. The molecule has 30 heavy (non-hydrogen) atoms. The SMILES string of the molecule is CCc1ccc(C2CC(=O)N(c3ccc([N+](=O)[O-])cc3Cl)C3=C2C(=O)CCC3)cc1. The summed E-state index contributed by atoms with van der Waals surface area (Å²) in [6, 6.07) is 12.1. The predicted octanol–water partition coefficient (Wildman–Crippen LogP) is 5.34. The summed E-state index contributed by atoms with van der Waals surface area (Å²) in [6.45, 7) is 2.08. The molecule has 2 aromatic carbocycles. The molecule has 1 aliphatic carbocycles. The van der Waals surface area contributed by atoms with Crippen LogP contribution in [0.1, 0.15) is 49.7 Å². The molecule has 2 aliphatic rings. The van der Waals surface area contributed by atoms with Crippen LogP contribution in [0.5, 0.6) is 0 Å². The van der Waals surface area contributed by atoms with Crippen molar-refractivity contribution in [2.24, 2.45) is 0 Å². The molecular weight excluding hydrogens is 404 g/mol. The lowest BCUT2D eigenvalue weighted by Crippen LogP contribution is -2.40. The quantitative estimate of drug-likeness (QED) is 0.490. The average molecular weight is 425 g/mol. The number of allylic oxidation sites excluding steroid dienone is 2. The number of hydrogen-bond acceptors (Lipinski definition) is 4. The van der Waals surface area contributed by atoms with Gasteiger partial charge in [0.05, 0.1) is 15.6 Å². The fraction of sp³-hybridized carbons (Fsp3) is 0.304. The van der Waals surface area contributed by atoms with E-state index in [0.29, 0.717) is 36.2 Å². The molecule has 6 nitrogen and oxygen atoms in total. The van der Waals surface area contributed by atoms with Crippen LogP contribution in [0.15, 0.2) is 53.7 Å². The number of rotatable bonds is 4. The van der Waals surface area contributed by atoms with Gasteiger partial charge in [0.2, 0.25) is 5.91 Å². The Bertz CT molecular complexity index is 1080. The second-order valence-electron chi connectivity index (χ2n) is 7.61. The van der Waals surface area contributed by atoms with Gasteiger partial charge in [0.25, 0.3) is 5.69 Å². The largest absolute Gasteiger partial charge is 0.294 e. The lowest BCUT2D eigenvalue weighted by atomic mass is 9.77. The first kappa shape index (κ1) is 20.3. The van der Waals surface area contributed by atoms with E-state index in [1.807, 2.05) is 24.3 Å². The maximum Gasteiger partial charge on any atom is 0.271 e. The predicted molar refractivity (Wildman–Crippen MR) is 115 cm³/mol. The monoisotopic (exact) mass is 424 g/mol. The highest BCUT2D eigenvalue weighted by atomic mass is 35.5. The third-order valence-electron chi connectivity index (χ3n) is 5.85. The molecule has 1 aliphatic heterocycles. The van der Waals surface area contributed by atoms with E-state index < -0.39 is 4.92 Å². The molecule has 4 rings (SSSR count). The van der Waals surface area contributed by atoms with Crippen molar-refractivity contribution < 1.29 is 14.5 Å².